The lowest BCUT2D eigenvalue weighted by molar-refractivity contribution is 0.0950. The van der Waals surface area contributed by atoms with Crippen LogP contribution < -0.4 is 11.1 Å². The van der Waals surface area contributed by atoms with E-state index in [0.717, 1.165) is 16.0 Å². The van der Waals surface area contributed by atoms with Gasteiger partial charge in [-0.25, -0.2) is 0 Å². The molecule has 0 aliphatic carbocycles. The molecule has 0 bridgehead atoms. The van der Waals surface area contributed by atoms with Crippen LogP contribution in [0, 0.1) is 13.8 Å². The molecule has 1 aromatic carbocycles. The molecule has 0 fully saturated rings. The SMILES string of the molecule is Cc1cc(C)c(C(=O)NCc2cccs2)cc1N. The number of anilines is 1. The highest BCUT2D eigenvalue weighted by molar-refractivity contribution is 7.09. The Bertz CT molecular complexity index is 561. The molecule has 3 N–H and O–H groups in total. The summed E-state index contributed by atoms with van der Waals surface area (Å²) in [5.74, 6) is -0.0763. The van der Waals surface area contributed by atoms with Crippen molar-refractivity contribution in [2.75, 3.05) is 5.73 Å². The first-order valence-corrected chi connectivity index (χ1v) is 6.63. The van der Waals surface area contributed by atoms with Crippen molar-refractivity contribution in [2.24, 2.45) is 0 Å². The average Bonchev–Trinajstić information content (AvgIpc) is 2.84. The summed E-state index contributed by atoms with van der Waals surface area (Å²) in [6.45, 7) is 4.42. The Morgan fingerprint density at radius 1 is 1.33 bits per heavy atom. The van der Waals surface area contributed by atoms with Crippen LogP contribution in [0.5, 0.6) is 0 Å². The zero-order valence-electron chi connectivity index (χ0n) is 10.5. The smallest absolute Gasteiger partial charge is 0.251 e. The van der Waals surface area contributed by atoms with Gasteiger partial charge >= 0.3 is 0 Å². The molecule has 3 nitrogen and oxygen atoms in total. The molecule has 2 rings (SSSR count). The number of amides is 1. The van der Waals surface area contributed by atoms with Crippen LogP contribution in [-0.4, -0.2) is 5.91 Å². The van der Waals surface area contributed by atoms with Crippen LogP contribution >= 0.6 is 11.3 Å². The molecule has 0 spiro atoms. The number of nitrogen functional groups attached to an aromatic ring is 1. The van der Waals surface area contributed by atoms with Gasteiger partial charge in [0.1, 0.15) is 0 Å². The monoisotopic (exact) mass is 260 g/mol. The molecule has 2 aromatic rings. The Hall–Kier alpha value is -1.81. The maximum absolute atomic E-state index is 12.1. The molecule has 0 atom stereocenters. The Kier molecular flexibility index (Phi) is 3.67. The van der Waals surface area contributed by atoms with E-state index in [-0.39, 0.29) is 5.91 Å². The lowest BCUT2D eigenvalue weighted by Gasteiger charge is -2.09. The third kappa shape index (κ3) is 2.71. The van der Waals surface area contributed by atoms with Crippen molar-refractivity contribution in [3.05, 3.63) is 51.2 Å². The van der Waals surface area contributed by atoms with Gasteiger partial charge in [-0.3, -0.25) is 4.79 Å². The van der Waals surface area contributed by atoms with E-state index in [4.69, 9.17) is 5.73 Å². The van der Waals surface area contributed by atoms with Gasteiger partial charge in [-0.2, -0.15) is 0 Å². The minimum Gasteiger partial charge on any atom is -0.398 e. The van der Waals surface area contributed by atoms with Crippen molar-refractivity contribution in [3.8, 4) is 0 Å². The number of hydrogen-bond donors (Lipinski definition) is 2. The van der Waals surface area contributed by atoms with Gasteiger partial charge in [-0.05, 0) is 42.5 Å². The molecule has 0 aliphatic heterocycles. The zero-order chi connectivity index (χ0) is 13.1. The second-order valence-electron chi connectivity index (χ2n) is 4.29. The number of rotatable bonds is 3. The van der Waals surface area contributed by atoms with Crippen LogP contribution in [0.1, 0.15) is 26.4 Å². The van der Waals surface area contributed by atoms with Gasteiger partial charge in [0.25, 0.3) is 5.91 Å². The van der Waals surface area contributed by atoms with E-state index in [1.807, 2.05) is 37.4 Å². The first-order chi connectivity index (χ1) is 8.58. The topological polar surface area (TPSA) is 55.1 Å². The molecule has 4 heteroatoms. The van der Waals surface area contributed by atoms with E-state index in [1.165, 1.54) is 0 Å². The van der Waals surface area contributed by atoms with Crippen molar-refractivity contribution >= 4 is 22.9 Å². The third-order valence-electron chi connectivity index (χ3n) is 2.86. The van der Waals surface area contributed by atoms with Gasteiger partial charge in [0.15, 0.2) is 0 Å². The van der Waals surface area contributed by atoms with Crippen molar-refractivity contribution < 1.29 is 4.79 Å². The number of nitrogens with two attached hydrogens (primary N) is 1. The lowest BCUT2D eigenvalue weighted by Crippen LogP contribution is -2.23. The Morgan fingerprint density at radius 2 is 2.11 bits per heavy atom. The van der Waals surface area contributed by atoms with E-state index in [0.29, 0.717) is 17.8 Å². The number of hydrogen-bond acceptors (Lipinski definition) is 3. The minimum absolute atomic E-state index is 0.0763. The highest BCUT2D eigenvalue weighted by Crippen LogP contribution is 2.18. The van der Waals surface area contributed by atoms with Crippen molar-refractivity contribution in [1.82, 2.24) is 5.32 Å². The molecule has 0 aliphatic rings. The number of thiophene rings is 1. The van der Waals surface area contributed by atoms with E-state index in [9.17, 15) is 4.79 Å². The van der Waals surface area contributed by atoms with Crippen LogP contribution in [0.2, 0.25) is 0 Å². The largest absolute Gasteiger partial charge is 0.398 e. The summed E-state index contributed by atoms with van der Waals surface area (Å²) in [6.07, 6.45) is 0. The van der Waals surface area contributed by atoms with Gasteiger partial charge in [0, 0.05) is 16.1 Å². The second-order valence-corrected chi connectivity index (χ2v) is 5.32. The molecular weight excluding hydrogens is 244 g/mol. The number of aryl methyl sites for hydroxylation is 2. The second kappa shape index (κ2) is 5.23. The van der Waals surface area contributed by atoms with Crippen molar-refractivity contribution in [1.29, 1.82) is 0 Å². The van der Waals surface area contributed by atoms with Crippen LogP contribution in [0.4, 0.5) is 5.69 Å². The first-order valence-electron chi connectivity index (χ1n) is 5.75. The standard InChI is InChI=1S/C14H16N2OS/c1-9-6-10(2)13(15)7-12(9)14(17)16-8-11-4-3-5-18-11/h3-7H,8,15H2,1-2H3,(H,16,17). The number of carbonyl (C=O) groups excluding carboxylic acids is 1. The van der Waals surface area contributed by atoms with Crippen LogP contribution in [0.15, 0.2) is 29.6 Å². The van der Waals surface area contributed by atoms with Gasteiger partial charge in [0.05, 0.1) is 6.54 Å². The lowest BCUT2D eigenvalue weighted by atomic mass is 10.0. The van der Waals surface area contributed by atoms with E-state index in [1.54, 1.807) is 17.4 Å². The molecule has 1 heterocycles. The van der Waals surface area contributed by atoms with Crippen LogP contribution in [0.25, 0.3) is 0 Å². The molecule has 18 heavy (non-hydrogen) atoms. The fraction of sp³-hybridized carbons (Fsp3) is 0.214. The highest BCUT2D eigenvalue weighted by atomic mass is 32.1. The molecular formula is C14H16N2OS. The van der Waals surface area contributed by atoms with Crippen molar-refractivity contribution in [2.45, 2.75) is 20.4 Å². The fourth-order valence-electron chi connectivity index (χ4n) is 1.79. The predicted octanol–water partition coefficient (Wildman–Crippen LogP) is 2.88. The first kappa shape index (κ1) is 12.6. The number of carbonyl (C=O) groups is 1. The summed E-state index contributed by atoms with van der Waals surface area (Å²) < 4.78 is 0. The molecule has 0 radical (unpaired) electrons. The highest BCUT2D eigenvalue weighted by Gasteiger charge is 2.10. The van der Waals surface area contributed by atoms with Gasteiger partial charge in [0.2, 0.25) is 0 Å². The molecule has 0 saturated carbocycles. The van der Waals surface area contributed by atoms with Crippen LogP contribution in [0.3, 0.4) is 0 Å². The fourth-order valence-corrected chi connectivity index (χ4v) is 2.43. The van der Waals surface area contributed by atoms with Crippen molar-refractivity contribution in [3.63, 3.8) is 0 Å². The van der Waals surface area contributed by atoms with Gasteiger partial charge in [-0.1, -0.05) is 12.1 Å². The molecule has 1 amide bonds. The summed E-state index contributed by atoms with van der Waals surface area (Å²) in [6, 6.07) is 7.66. The molecule has 1 aromatic heterocycles. The Labute approximate surface area is 111 Å². The summed E-state index contributed by atoms with van der Waals surface area (Å²) in [7, 11) is 0. The third-order valence-corrected chi connectivity index (χ3v) is 3.74. The summed E-state index contributed by atoms with van der Waals surface area (Å²) in [5, 5.41) is 4.90. The van der Waals surface area contributed by atoms with E-state index >= 15 is 0 Å². The maximum Gasteiger partial charge on any atom is 0.251 e. The summed E-state index contributed by atoms with van der Waals surface area (Å²) in [4.78, 5) is 13.2. The minimum atomic E-state index is -0.0763. The molecule has 94 valence electrons. The van der Waals surface area contributed by atoms with Gasteiger partial charge < -0.3 is 11.1 Å². The summed E-state index contributed by atoms with van der Waals surface area (Å²) in [5.41, 5.74) is 9.09. The zero-order valence-corrected chi connectivity index (χ0v) is 11.3. The number of nitrogens with one attached hydrogen (secondary N) is 1. The molecule has 0 unspecified atom stereocenters. The Balaban J connectivity index is 2.11. The Morgan fingerprint density at radius 3 is 2.78 bits per heavy atom. The normalized spacial score (nSPS) is 10.3. The number of benzene rings is 1. The maximum atomic E-state index is 12.1. The predicted molar refractivity (Wildman–Crippen MR) is 75.8 cm³/mol. The molecule has 0 saturated heterocycles. The van der Waals surface area contributed by atoms with E-state index in [2.05, 4.69) is 5.32 Å². The average molecular weight is 260 g/mol. The van der Waals surface area contributed by atoms with Crippen LogP contribution in [-0.2, 0) is 6.54 Å². The van der Waals surface area contributed by atoms with E-state index < -0.39 is 0 Å². The quantitative estimate of drug-likeness (QED) is 0.834. The van der Waals surface area contributed by atoms with Gasteiger partial charge in [-0.15, -0.1) is 11.3 Å². The summed E-state index contributed by atoms with van der Waals surface area (Å²) >= 11 is 1.63.